The van der Waals surface area contributed by atoms with Crippen LogP contribution in [0.15, 0.2) is 23.1 Å². The SMILES string of the molecule is COCC(O)CCNS(=O)(=O)c1cccc(C(=O)O)c1C. The molecule has 1 atom stereocenters. The van der Waals surface area contributed by atoms with E-state index < -0.39 is 22.1 Å². The molecule has 1 aromatic carbocycles. The fraction of sp³-hybridized carbons (Fsp3) is 0.462. The van der Waals surface area contributed by atoms with Crippen LogP contribution in [0.5, 0.6) is 0 Å². The van der Waals surface area contributed by atoms with Gasteiger partial charge in [-0.15, -0.1) is 0 Å². The highest BCUT2D eigenvalue weighted by atomic mass is 32.2. The lowest BCUT2D eigenvalue weighted by Gasteiger charge is -2.12. The predicted octanol–water partition coefficient (Wildman–Crippen LogP) is 0.369. The normalized spacial score (nSPS) is 13.1. The monoisotopic (exact) mass is 317 g/mol. The highest BCUT2D eigenvalue weighted by molar-refractivity contribution is 7.89. The lowest BCUT2D eigenvalue weighted by molar-refractivity contribution is 0.0603. The summed E-state index contributed by atoms with van der Waals surface area (Å²) in [6, 6.07) is 4.07. The topological polar surface area (TPSA) is 113 Å². The van der Waals surface area contributed by atoms with Crippen molar-refractivity contribution in [3.63, 3.8) is 0 Å². The zero-order valence-corrected chi connectivity index (χ0v) is 12.7. The van der Waals surface area contributed by atoms with Crippen molar-refractivity contribution in [2.45, 2.75) is 24.3 Å². The molecular formula is C13H19NO6S. The number of carboxylic acid groups (broad SMARTS) is 1. The van der Waals surface area contributed by atoms with Crippen molar-refractivity contribution >= 4 is 16.0 Å². The van der Waals surface area contributed by atoms with E-state index in [0.717, 1.165) is 0 Å². The number of rotatable bonds is 8. The number of hydrogen-bond acceptors (Lipinski definition) is 5. The number of nitrogens with one attached hydrogen (secondary N) is 1. The fourth-order valence-corrected chi connectivity index (χ4v) is 3.16. The summed E-state index contributed by atoms with van der Waals surface area (Å²) in [6.07, 6.45) is -0.561. The Morgan fingerprint density at radius 3 is 2.67 bits per heavy atom. The Bertz CT molecular complexity index is 599. The average molecular weight is 317 g/mol. The van der Waals surface area contributed by atoms with Crippen molar-refractivity contribution in [2.24, 2.45) is 0 Å². The fourth-order valence-electron chi connectivity index (χ4n) is 1.85. The highest BCUT2D eigenvalue weighted by Gasteiger charge is 2.20. The van der Waals surface area contributed by atoms with Crippen molar-refractivity contribution < 1.29 is 28.2 Å². The van der Waals surface area contributed by atoms with Gasteiger partial charge in [0.25, 0.3) is 0 Å². The van der Waals surface area contributed by atoms with E-state index in [4.69, 9.17) is 9.84 Å². The number of aliphatic hydroxyl groups excluding tert-OH is 1. The van der Waals surface area contributed by atoms with Crippen LogP contribution in [0.1, 0.15) is 22.3 Å². The second-order valence-corrected chi connectivity index (χ2v) is 6.26. The Morgan fingerprint density at radius 1 is 1.43 bits per heavy atom. The van der Waals surface area contributed by atoms with Gasteiger partial charge in [-0.05, 0) is 31.0 Å². The van der Waals surface area contributed by atoms with Crippen LogP contribution in [0.25, 0.3) is 0 Å². The van der Waals surface area contributed by atoms with Crippen molar-refractivity contribution in [1.82, 2.24) is 4.72 Å². The summed E-state index contributed by atoms with van der Waals surface area (Å²) >= 11 is 0. The quantitative estimate of drug-likeness (QED) is 0.638. The Balaban J connectivity index is 2.84. The molecule has 118 valence electrons. The highest BCUT2D eigenvalue weighted by Crippen LogP contribution is 2.18. The average Bonchev–Trinajstić information content (AvgIpc) is 2.38. The van der Waals surface area contributed by atoms with Crippen LogP contribution in [-0.4, -0.2) is 51.0 Å². The van der Waals surface area contributed by atoms with Crippen LogP contribution < -0.4 is 4.72 Å². The summed E-state index contributed by atoms with van der Waals surface area (Å²) < 4.78 is 31.4. The molecule has 0 aliphatic rings. The van der Waals surface area contributed by atoms with E-state index in [2.05, 4.69) is 4.72 Å². The molecule has 0 aliphatic carbocycles. The molecule has 0 radical (unpaired) electrons. The molecule has 21 heavy (non-hydrogen) atoms. The first-order valence-electron chi connectivity index (χ1n) is 6.29. The van der Waals surface area contributed by atoms with Crippen molar-refractivity contribution in [2.75, 3.05) is 20.3 Å². The van der Waals surface area contributed by atoms with Crippen LogP contribution in [0.3, 0.4) is 0 Å². The van der Waals surface area contributed by atoms with Gasteiger partial charge >= 0.3 is 5.97 Å². The molecule has 0 aromatic heterocycles. The van der Waals surface area contributed by atoms with E-state index >= 15 is 0 Å². The van der Waals surface area contributed by atoms with Gasteiger partial charge in [0.15, 0.2) is 0 Å². The Kier molecular flexibility index (Phi) is 6.28. The molecule has 0 bridgehead atoms. The molecule has 8 heteroatoms. The molecule has 1 aromatic rings. The van der Waals surface area contributed by atoms with E-state index in [-0.39, 0.29) is 35.6 Å². The first kappa shape index (κ1) is 17.6. The van der Waals surface area contributed by atoms with Gasteiger partial charge in [-0.25, -0.2) is 17.9 Å². The maximum Gasteiger partial charge on any atom is 0.335 e. The number of hydrogen-bond donors (Lipinski definition) is 3. The zero-order valence-electron chi connectivity index (χ0n) is 11.9. The van der Waals surface area contributed by atoms with Gasteiger partial charge in [0.05, 0.1) is 23.2 Å². The lowest BCUT2D eigenvalue weighted by atomic mass is 10.1. The Morgan fingerprint density at radius 2 is 2.10 bits per heavy atom. The Labute approximate surface area is 123 Å². The van der Waals surface area contributed by atoms with Crippen molar-refractivity contribution in [3.05, 3.63) is 29.3 Å². The number of carbonyl (C=O) groups is 1. The van der Waals surface area contributed by atoms with Gasteiger partial charge in [0.2, 0.25) is 10.0 Å². The largest absolute Gasteiger partial charge is 0.478 e. The minimum absolute atomic E-state index is 0.0313. The molecule has 0 spiro atoms. The molecule has 0 heterocycles. The van der Waals surface area contributed by atoms with Gasteiger partial charge in [0.1, 0.15) is 0 Å². The third kappa shape index (κ3) is 4.78. The second-order valence-electron chi connectivity index (χ2n) is 4.53. The van der Waals surface area contributed by atoms with E-state index in [1.807, 2.05) is 0 Å². The summed E-state index contributed by atoms with van der Waals surface area (Å²) in [4.78, 5) is 10.9. The summed E-state index contributed by atoms with van der Waals surface area (Å²) in [5, 5.41) is 18.5. The van der Waals surface area contributed by atoms with Crippen LogP contribution in [0.2, 0.25) is 0 Å². The van der Waals surface area contributed by atoms with Gasteiger partial charge < -0.3 is 14.9 Å². The van der Waals surface area contributed by atoms with E-state index in [1.54, 1.807) is 0 Å². The maximum absolute atomic E-state index is 12.2. The van der Waals surface area contributed by atoms with Gasteiger partial charge in [-0.3, -0.25) is 0 Å². The smallest absolute Gasteiger partial charge is 0.335 e. The van der Waals surface area contributed by atoms with Crippen molar-refractivity contribution in [3.8, 4) is 0 Å². The van der Waals surface area contributed by atoms with E-state index in [9.17, 15) is 18.3 Å². The molecule has 1 unspecified atom stereocenters. The van der Waals surface area contributed by atoms with Crippen LogP contribution in [0, 0.1) is 6.92 Å². The van der Waals surface area contributed by atoms with E-state index in [0.29, 0.717) is 0 Å². The van der Waals surface area contributed by atoms with Crippen LogP contribution >= 0.6 is 0 Å². The second kappa shape index (κ2) is 7.51. The molecule has 0 saturated heterocycles. The number of benzene rings is 1. The molecule has 3 N–H and O–H groups in total. The third-order valence-corrected chi connectivity index (χ3v) is 4.54. The number of carboxylic acids is 1. The molecule has 0 fully saturated rings. The molecule has 1 rings (SSSR count). The third-order valence-electron chi connectivity index (χ3n) is 2.93. The van der Waals surface area contributed by atoms with Gasteiger partial charge in [-0.2, -0.15) is 0 Å². The molecule has 7 nitrogen and oxygen atoms in total. The summed E-state index contributed by atoms with van der Waals surface area (Å²) in [6.45, 7) is 1.59. The molecule has 0 amide bonds. The number of aromatic carboxylic acids is 1. The number of sulfonamides is 1. The van der Waals surface area contributed by atoms with Gasteiger partial charge in [-0.1, -0.05) is 6.07 Å². The van der Waals surface area contributed by atoms with Crippen molar-refractivity contribution in [1.29, 1.82) is 0 Å². The summed E-state index contributed by atoms with van der Waals surface area (Å²) in [5.74, 6) is -1.18. The number of methoxy groups -OCH3 is 1. The first-order chi connectivity index (χ1) is 9.79. The molecule has 0 aliphatic heterocycles. The molecular weight excluding hydrogens is 298 g/mol. The zero-order chi connectivity index (χ0) is 16.0. The Hall–Kier alpha value is -1.48. The van der Waals surface area contributed by atoms with E-state index in [1.165, 1.54) is 32.2 Å². The summed E-state index contributed by atoms with van der Waals surface area (Å²) in [7, 11) is -2.38. The van der Waals surface area contributed by atoms with Gasteiger partial charge in [0, 0.05) is 13.7 Å². The standard InChI is InChI=1S/C13H19NO6S/c1-9-11(13(16)17)4-3-5-12(9)21(18,19)14-7-6-10(15)8-20-2/h3-5,10,14-15H,6-8H2,1-2H3,(H,16,17). The summed E-state index contributed by atoms with van der Waals surface area (Å²) in [5.41, 5.74) is 0.118. The lowest BCUT2D eigenvalue weighted by Crippen LogP contribution is -2.29. The number of ether oxygens (including phenoxy) is 1. The first-order valence-corrected chi connectivity index (χ1v) is 7.77. The predicted molar refractivity (Wildman–Crippen MR) is 75.8 cm³/mol. The number of aliphatic hydroxyl groups is 1. The molecule has 0 saturated carbocycles. The minimum Gasteiger partial charge on any atom is -0.478 e. The minimum atomic E-state index is -3.82. The van der Waals surface area contributed by atoms with Crippen LogP contribution in [-0.2, 0) is 14.8 Å². The van der Waals surface area contributed by atoms with Crippen LogP contribution in [0.4, 0.5) is 0 Å². The maximum atomic E-state index is 12.2.